The van der Waals surface area contributed by atoms with E-state index < -0.39 is 0 Å². The number of aromatic nitrogens is 1. The van der Waals surface area contributed by atoms with Gasteiger partial charge in [0.2, 0.25) is 0 Å². The molecule has 0 unspecified atom stereocenters. The van der Waals surface area contributed by atoms with E-state index in [0.717, 1.165) is 15.8 Å². The molecule has 3 rings (SSSR count). The molecule has 0 atom stereocenters. The third-order valence-electron chi connectivity index (χ3n) is 3.28. The number of carbonyl (C=O) groups excluding carboxylic acids is 1. The second kappa shape index (κ2) is 6.79. The molecule has 0 spiro atoms. The average Bonchev–Trinajstić information content (AvgIpc) is 3.22. The molecule has 0 aliphatic rings. The topological polar surface area (TPSA) is 80.3 Å². The summed E-state index contributed by atoms with van der Waals surface area (Å²) in [6, 6.07) is 7.26. The van der Waals surface area contributed by atoms with E-state index in [0.29, 0.717) is 23.1 Å². The molecule has 8 heteroatoms. The SMILES string of the molecule is CCOC(=O)c1cc2c(N(C)C)ccc(N=Nc3ccno3)c2s1. The molecular weight excluding hydrogens is 328 g/mol. The predicted molar refractivity (Wildman–Crippen MR) is 92.8 cm³/mol. The van der Waals surface area contributed by atoms with Gasteiger partial charge in [-0.15, -0.1) is 21.6 Å². The zero-order chi connectivity index (χ0) is 17.1. The second-order valence-corrected chi connectivity index (χ2v) is 6.18. The van der Waals surface area contributed by atoms with Crippen LogP contribution in [0.15, 0.2) is 45.2 Å². The van der Waals surface area contributed by atoms with Crippen LogP contribution in [0.3, 0.4) is 0 Å². The summed E-state index contributed by atoms with van der Waals surface area (Å²) in [6.07, 6.45) is 1.50. The molecule has 0 aliphatic heterocycles. The van der Waals surface area contributed by atoms with E-state index in [4.69, 9.17) is 9.26 Å². The number of ether oxygens (including phenoxy) is 1. The number of esters is 1. The van der Waals surface area contributed by atoms with Crippen molar-refractivity contribution in [3.05, 3.63) is 35.3 Å². The van der Waals surface area contributed by atoms with Gasteiger partial charge in [-0.1, -0.05) is 5.16 Å². The van der Waals surface area contributed by atoms with E-state index in [1.807, 2.05) is 37.2 Å². The fourth-order valence-electron chi connectivity index (χ4n) is 2.23. The molecule has 0 saturated heterocycles. The van der Waals surface area contributed by atoms with Crippen LogP contribution in [0.1, 0.15) is 16.6 Å². The first-order valence-corrected chi connectivity index (χ1v) is 8.15. The Hall–Kier alpha value is -2.74. The molecule has 0 N–H and O–H groups in total. The van der Waals surface area contributed by atoms with E-state index >= 15 is 0 Å². The second-order valence-electron chi connectivity index (χ2n) is 5.12. The molecular formula is C16H16N4O3S. The molecule has 0 bridgehead atoms. The van der Waals surface area contributed by atoms with Crippen molar-refractivity contribution in [2.45, 2.75) is 6.92 Å². The Labute approximate surface area is 142 Å². The lowest BCUT2D eigenvalue weighted by Gasteiger charge is -2.13. The number of fused-ring (bicyclic) bond motifs is 1. The fraction of sp³-hybridized carbons (Fsp3) is 0.250. The molecule has 24 heavy (non-hydrogen) atoms. The largest absolute Gasteiger partial charge is 0.462 e. The van der Waals surface area contributed by atoms with Crippen LogP contribution in [0.5, 0.6) is 0 Å². The van der Waals surface area contributed by atoms with Crippen LogP contribution in [0.25, 0.3) is 10.1 Å². The summed E-state index contributed by atoms with van der Waals surface area (Å²) < 4.78 is 10.9. The Morgan fingerprint density at radius 1 is 1.33 bits per heavy atom. The summed E-state index contributed by atoms with van der Waals surface area (Å²) in [4.78, 5) is 14.6. The van der Waals surface area contributed by atoms with E-state index in [9.17, 15) is 4.79 Å². The number of rotatable bonds is 5. The van der Waals surface area contributed by atoms with Crippen molar-refractivity contribution in [2.24, 2.45) is 10.2 Å². The van der Waals surface area contributed by atoms with Gasteiger partial charge in [0.1, 0.15) is 10.6 Å². The fourth-order valence-corrected chi connectivity index (χ4v) is 3.26. The van der Waals surface area contributed by atoms with E-state index in [1.54, 1.807) is 13.0 Å². The van der Waals surface area contributed by atoms with E-state index in [2.05, 4.69) is 15.4 Å². The summed E-state index contributed by atoms with van der Waals surface area (Å²) in [6.45, 7) is 2.12. The van der Waals surface area contributed by atoms with Crippen LogP contribution in [-0.2, 0) is 4.74 Å². The highest BCUT2D eigenvalue weighted by Gasteiger charge is 2.17. The Balaban J connectivity index is 2.09. The third-order valence-corrected chi connectivity index (χ3v) is 4.42. The molecule has 124 valence electrons. The van der Waals surface area contributed by atoms with Crippen LogP contribution >= 0.6 is 11.3 Å². The standard InChI is InChI=1S/C16H16N4O3S/c1-4-22-16(21)13-9-10-12(20(2)3)6-5-11(15(10)24-13)18-19-14-7-8-17-23-14/h5-9H,4H2,1-3H3. The van der Waals surface area contributed by atoms with Crippen LogP contribution in [0.2, 0.25) is 0 Å². The zero-order valence-corrected chi connectivity index (χ0v) is 14.3. The molecule has 2 heterocycles. The molecule has 0 fully saturated rings. The van der Waals surface area contributed by atoms with Crippen molar-refractivity contribution in [3.63, 3.8) is 0 Å². The number of hydrogen-bond donors (Lipinski definition) is 0. The summed E-state index contributed by atoms with van der Waals surface area (Å²) in [5.41, 5.74) is 1.66. The van der Waals surface area contributed by atoms with Gasteiger partial charge in [0, 0.05) is 31.2 Å². The van der Waals surface area contributed by atoms with Gasteiger partial charge in [-0.25, -0.2) is 4.79 Å². The van der Waals surface area contributed by atoms with Crippen molar-refractivity contribution in [1.29, 1.82) is 0 Å². The van der Waals surface area contributed by atoms with Crippen molar-refractivity contribution in [3.8, 4) is 0 Å². The molecule has 2 aromatic heterocycles. The molecule has 0 saturated carbocycles. The van der Waals surface area contributed by atoms with Gasteiger partial charge in [-0.2, -0.15) is 0 Å². The lowest BCUT2D eigenvalue weighted by molar-refractivity contribution is 0.0532. The average molecular weight is 344 g/mol. The van der Waals surface area contributed by atoms with Crippen molar-refractivity contribution in [2.75, 3.05) is 25.6 Å². The van der Waals surface area contributed by atoms with Crippen molar-refractivity contribution in [1.82, 2.24) is 5.16 Å². The van der Waals surface area contributed by atoms with Gasteiger partial charge in [0.05, 0.1) is 17.5 Å². The first-order chi connectivity index (χ1) is 11.6. The molecule has 1 aromatic carbocycles. The lowest BCUT2D eigenvalue weighted by atomic mass is 10.2. The van der Waals surface area contributed by atoms with Gasteiger partial charge in [0.15, 0.2) is 0 Å². The number of anilines is 1. The quantitative estimate of drug-likeness (QED) is 0.501. The van der Waals surface area contributed by atoms with Gasteiger partial charge < -0.3 is 14.2 Å². The smallest absolute Gasteiger partial charge is 0.348 e. The maximum absolute atomic E-state index is 12.0. The summed E-state index contributed by atoms with van der Waals surface area (Å²) in [7, 11) is 3.90. The molecule has 0 radical (unpaired) electrons. The normalized spacial score (nSPS) is 11.3. The van der Waals surface area contributed by atoms with Gasteiger partial charge >= 0.3 is 5.97 Å². The molecule has 0 amide bonds. The number of benzene rings is 1. The van der Waals surface area contributed by atoms with E-state index in [1.165, 1.54) is 17.5 Å². The zero-order valence-electron chi connectivity index (χ0n) is 13.5. The Morgan fingerprint density at radius 2 is 2.17 bits per heavy atom. The molecule has 0 aliphatic carbocycles. The van der Waals surface area contributed by atoms with Crippen LogP contribution in [0, 0.1) is 0 Å². The summed E-state index contributed by atoms with van der Waals surface area (Å²) in [5, 5.41) is 12.8. The highest BCUT2D eigenvalue weighted by atomic mass is 32.1. The maximum Gasteiger partial charge on any atom is 0.348 e. The number of azo groups is 1. The lowest BCUT2D eigenvalue weighted by Crippen LogP contribution is -2.08. The number of hydrogen-bond acceptors (Lipinski definition) is 8. The van der Waals surface area contributed by atoms with Crippen LogP contribution in [0.4, 0.5) is 17.3 Å². The van der Waals surface area contributed by atoms with Crippen LogP contribution < -0.4 is 4.90 Å². The Morgan fingerprint density at radius 3 is 2.83 bits per heavy atom. The minimum atomic E-state index is -0.332. The Bertz CT molecular complexity index is 884. The Kier molecular flexibility index (Phi) is 4.57. The minimum Gasteiger partial charge on any atom is -0.462 e. The first-order valence-electron chi connectivity index (χ1n) is 7.33. The number of thiophene rings is 1. The highest BCUT2D eigenvalue weighted by Crippen LogP contribution is 2.40. The van der Waals surface area contributed by atoms with Crippen LogP contribution in [-0.4, -0.2) is 31.8 Å². The number of carbonyl (C=O) groups is 1. The van der Waals surface area contributed by atoms with Gasteiger partial charge in [-0.05, 0) is 25.1 Å². The van der Waals surface area contributed by atoms with Gasteiger partial charge in [0.25, 0.3) is 5.88 Å². The third kappa shape index (κ3) is 3.13. The predicted octanol–water partition coefficient (Wildman–Crippen LogP) is 4.55. The maximum atomic E-state index is 12.0. The first kappa shape index (κ1) is 16.1. The van der Waals surface area contributed by atoms with E-state index in [-0.39, 0.29) is 5.97 Å². The number of nitrogens with zero attached hydrogens (tertiary/aromatic N) is 4. The van der Waals surface area contributed by atoms with Crippen molar-refractivity contribution < 1.29 is 14.1 Å². The molecule has 3 aromatic rings. The summed E-state index contributed by atoms with van der Waals surface area (Å²) >= 11 is 1.34. The minimum absolute atomic E-state index is 0.321. The van der Waals surface area contributed by atoms with Gasteiger partial charge in [-0.3, -0.25) is 0 Å². The van der Waals surface area contributed by atoms with Crippen molar-refractivity contribution >= 4 is 44.7 Å². The molecule has 7 nitrogen and oxygen atoms in total. The highest BCUT2D eigenvalue weighted by molar-refractivity contribution is 7.21. The monoisotopic (exact) mass is 344 g/mol. The summed E-state index contributed by atoms with van der Waals surface area (Å²) in [5.74, 6) is -0.0106.